The maximum absolute atomic E-state index is 5.40. The third kappa shape index (κ3) is 3.83. The Bertz CT molecular complexity index is 876. The third-order valence-electron chi connectivity index (χ3n) is 4.44. The van der Waals surface area contributed by atoms with Crippen LogP contribution < -0.4 is 4.90 Å². The number of anilines is 1. The number of hydrogen-bond donors (Lipinski definition) is 0. The second kappa shape index (κ2) is 7.54. The van der Waals surface area contributed by atoms with Gasteiger partial charge in [-0.15, -0.1) is 0 Å². The maximum atomic E-state index is 5.40. The van der Waals surface area contributed by atoms with Crippen molar-refractivity contribution < 1.29 is 9.26 Å². The minimum absolute atomic E-state index is 0.498. The molecule has 5 nitrogen and oxygen atoms in total. The predicted octanol–water partition coefficient (Wildman–Crippen LogP) is 4.05. The van der Waals surface area contributed by atoms with Gasteiger partial charge in [-0.05, 0) is 42.8 Å². The number of morpholine rings is 1. The minimum atomic E-state index is 0.498. The minimum Gasteiger partial charge on any atom is -0.378 e. The average Bonchev–Trinajstić information content (AvgIpc) is 3.17. The van der Waals surface area contributed by atoms with E-state index in [4.69, 9.17) is 9.26 Å². The first-order chi connectivity index (χ1) is 12.8. The Balaban J connectivity index is 1.46. The second-order valence-electron chi connectivity index (χ2n) is 6.35. The molecule has 2 heterocycles. The van der Waals surface area contributed by atoms with E-state index < -0.39 is 0 Å². The van der Waals surface area contributed by atoms with Gasteiger partial charge in [0.2, 0.25) is 5.82 Å². The number of aryl methyl sites for hydroxylation is 1. The molecule has 0 bridgehead atoms. The standard InChI is InChI=1S/C21H21N3O2/c1-16-2-4-17(5-3-16)6-11-20-22-21(23-26-20)18-7-9-19(10-8-18)24-12-14-25-15-13-24/h2-11H,12-15H2,1H3/b11-6+. The molecule has 132 valence electrons. The fraction of sp³-hybridized carbons (Fsp3) is 0.238. The Labute approximate surface area is 152 Å². The lowest BCUT2D eigenvalue weighted by Gasteiger charge is -2.28. The number of nitrogens with zero attached hydrogens (tertiary/aromatic N) is 3. The predicted molar refractivity (Wildman–Crippen MR) is 103 cm³/mol. The van der Waals surface area contributed by atoms with Crippen molar-refractivity contribution in [2.24, 2.45) is 0 Å². The number of rotatable bonds is 4. The zero-order chi connectivity index (χ0) is 17.8. The lowest BCUT2D eigenvalue weighted by Crippen LogP contribution is -2.36. The van der Waals surface area contributed by atoms with Gasteiger partial charge in [0.15, 0.2) is 0 Å². The smallest absolute Gasteiger partial charge is 0.250 e. The molecule has 1 saturated heterocycles. The molecule has 1 aromatic heterocycles. The van der Waals surface area contributed by atoms with Gasteiger partial charge in [0.25, 0.3) is 5.89 Å². The molecule has 5 heteroatoms. The quantitative estimate of drug-likeness (QED) is 0.712. The highest BCUT2D eigenvalue weighted by molar-refractivity contribution is 5.67. The first-order valence-corrected chi connectivity index (χ1v) is 8.79. The lowest BCUT2D eigenvalue weighted by molar-refractivity contribution is 0.122. The van der Waals surface area contributed by atoms with E-state index >= 15 is 0 Å². The summed E-state index contributed by atoms with van der Waals surface area (Å²) in [7, 11) is 0. The molecule has 3 aromatic rings. The van der Waals surface area contributed by atoms with Gasteiger partial charge in [0.1, 0.15) is 0 Å². The molecule has 1 aliphatic rings. The summed E-state index contributed by atoms with van der Waals surface area (Å²) in [5, 5.41) is 4.08. The van der Waals surface area contributed by atoms with E-state index in [1.807, 2.05) is 24.3 Å². The van der Waals surface area contributed by atoms with Crippen LogP contribution in [0.5, 0.6) is 0 Å². The molecule has 1 aliphatic heterocycles. The molecule has 0 aliphatic carbocycles. The van der Waals surface area contributed by atoms with Crippen molar-refractivity contribution in [2.45, 2.75) is 6.92 Å². The average molecular weight is 347 g/mol. The van der Waals surface area contributed by atoms with Crippen LogP contribution in [0.15, 0.2) is 53.1 Å². The van der Waals surface area contributed by atoms with Crippen LogP contribution in [0, 0.1) is 6.92 Å². The fourth-order valence-corrected chi connectivity index (χ4v) is 2.91. The van der Waals surface area contributed by atoms with Crippen LogP contribution in [-0.2, 0) is 4.74 Å². The molecule has 0 radical (unpaired) electrons. The summed E-state index contributed by atoms with van der Waals surface area (Å²) in [5.74, 6) is 1.10. The van der Waals surface area contributed by atoms with Crippen LogP contribution in [0.4, 0.5) is 5.69 Å². The monoisotopic (exact) mass is 347 g/mol. The van der Waals surface area contributed by atoms with Crippen molar-refractivity contribution in [3.8, 4) is 11.4 Å². The molecule has 0 spiro atoms. The SMILES string of the molecule is Cc1ccc(/C=C/c2nc(-c3ccc(N4CCOCC4)cc3)no2)cc1. The van der Waals surface area contributed by atoms with E-state index in [-0.39, 0.29) is 0 Å². The Kier molecular flexibility index (Phi) is 4.80. The van der Waals surface area contributed by atoms with Gasteiger partial charge in [0, 0.05) is 30.4 Å². The largest absolute Gasteiger partial charge is 0.378 e. The van der Waals surface area contributed by atoms with Gasteiger partial charge in [-0.3, -0.25) is 0 Å². The summed E-state index contributed by atoms with van der Waals surface area (Å²) >= 11 is 0. The molecule has 0 amide bonds. The molecule has 0 saturated carbocycles. The van der Waals surface area contributed by atoms with Crippen molar-refractivity contribution in [2.75, 3.05) is 31.2 Å². The van der Waals surface area contributed by atoms with E-state index in [2.05, 4.69) is 58.4 Å². The highest BCUT2D eigenvalue weighted by Crippen LogP contribution is 2.22. The molecular weight excluding hydrogens is 326 g/mol. The Morgan fingerprint density at radius 1 is 0.923 bits per heavy atom. The first kappa shape index (κ1) is 16.5. The van der Waals surface area contributed by atoms with Crippen LogP contribution in [0.1, 0.15) is 17.0 Å². The van der Waals surface area contributed by atoms with Crippen molar-refractivity contribution in [1.82, 2.24) is 10.1 Å². The lowest BCUT2D eigenvalue weighted by atomic mass is 10.1. The van der Waals surface area contributed by atoms with E-state index in [0.29, 0.717) is 11.7 Å². The summed E-state index contributed by atoms with van der Waals surface area (Å²) in [6, 6.07) is 16.5. The zero-order valence-electron chi connectivity index (χ0n) is 14.8. The van der Waals surface area contributed by atoms with Gasteiger partial charge < -0.3 is 14.2 Å². The fourth-order valence-electron chi connectivity index (χ4n) is 2.91. The highest BCUT2D eigenvalue weighted by Gasteiger charge is 2.12. The van der Waals surface area contributed by atoms with Gasteiger partial charge in [-0.1, -0.05) is 35.0 Å². The van der Waals surface area contributed by atoms with Gasteiger partial charge in [-0.2, -0.15) is 4.98 Å². The first-order valence-electron chi connectivity index (χ1n) is 8.79. The Hall–Kier alpha value is -2.92. The van der Waals surface area contributed by atoms with E-state index in [0.717, 1.165) is 37.4 Å². The summed E-state index contributed by atoms with van der Waals surface area (Å²) in [6.07, 6.45) is 3.81. The van der Waals surface area contributed by atoms with Gasteiger partial charge in [0.05, 0.1) is 13.2 Å². The molecule has 1 fully saturated rings. The number of ether oxygens (including phenoxy) is 1. The van der Waals surface area contributed by atoms with E-state index in [9.17, 15) is 0 Å². The van der Waals surface area contributed by atoms with Gasteiger partial charge >= 0.3 is 0 Å². The molecule has 26 heavy (non-hydrogen) atoms. The number of hydrogen-bond acceptors (Lipinski definition) is 5. The maximum Gasteiger partial charge on any atom is 0.250 e. The Morgan fingerprint density at radius 2 is 1.65 bits per heavy atom. The number of benzene rings is 2. The second-order valence-corrected chi connectivity index (χ2v) is 6.35. The summed E-state index contributed by atoms with van der Waals surface area (Å²) in [6.45, 7) is 5.49. The van der Waals surface area contributed by atoms with Crippen molar-refractivity contribution in [3.05, 3.63) is 65.5 Å². The van der Waals surface area contributed by atoms with Crippen molar-refractivity contribution in [3.63, 3.8) is 0 Å². The molecule has 0 unspecified atom stereocenters. The molecule has 2 aromatic carbocycles. The van der Waals surface area contributed by atoms with Crippen LogP contribution in [0.25, 0.3) is 23.5 Å². The van der Waals surface area contributed by atoms with Crippen LogP contribution in [0.2, 0.25) is 0 Å². The van der Waals surface area contributed by atoms with Crippen LogP contribution >= 0.6 is 0 Å². The molecule has 0 atom stereocenters. The summed E-state index contributed by atoms with van der Waals surface area (Å²) < 4.78 is 10.7. The highest BCUT2D eigenvalue weighted by atomic mass is 16.5. The van der Waals surface area contributed by atoms with Crippen LogP contribution in [-0.4, -0.2) is 36.4 Å². The topological polar surface area (TPSA) is 51.4 Å². The summed E-state index contributed by atoms with van der Waals surface area (Å²) in [4.78, 5) is 6.78. The Morgan fingerprint density at radius 3 is 2.38 bits per heavy atom. The van der Waals surface area contributed by atoms with Crippen LogP contribution in [0.3, 0.4) is 0 Å². The summed E-state index contributed by atoms with van der Waals surface area (Å²) in [5.41, 5.74) is 4.48. The zero-order valence-corrected chi connectivity index (χ0v) is 14.8. The molecule has 0 N–H and O–H groups in total. The van der Waals surface area contributed by atoms with Crippen molar-refractivity contribution >= 4 is 17.8 Å². The van der Waals surface area contributed by atoms with Crippen molar-refractivity contribution in [1.29, 1.82) is 0 Å². The molecule has 4 rings (SSSR count). The van der Waals surface area contributed by atoms with Gasteiger partial charge in [-0.25, -0.2) is 0 Å². The van der Waals surface area contributed by atoms with E-state index in [1.54, 1.807) is 0 Å². The van der Waals surface area contributed by atoms with E-state index in [1.165, 1.54) is 11.3 Å². The number of aromatic nitrogens is 2. The molecular formula is C21H21N3O2. The normalized spacial score (nSPS) is 14.9. The third-order valence-corrected chi connectivity index (χ3v) is 4.44.